The van der Waals surface area contributed by atoms with E-state index in [0.717, 1.165) is 11.8 Å². The quantitative estimate of drug-likeness (QED) is 0.718. The largest absolute Gasteiger partial charge is 0.466 e. The SMILES string of the molecule is CCOC(=O)C(CN)C1C2CCC1CC2. The number of rotatable bonds is 4. The Morgan fingerprint density at radius 2 is 1.87 bits per heavy atom. The molecule has 0 amide bonds. The van der Waals surface area contributed by atoms with Gasteiger partial charge in [-0.05, 0) is 50.4 Å². The van der Waals surface area contributed by atoms with Crippen molar-refractivity contribution in [2.45, 2.75) is 32.6 Å². The van der Waals surface area contributed by atoms with Crippen LogP contribution in [0.25, 0.3) is 0 Å². The Bertz CT molecular complexity index is 222. The van der Waals surface area contributed by atoms with Gasteiger partial charge in [-0.3, -0.25) is 4.79 Å². The highest BCUT2D eigenvalue weighted by atomic mass is 16.5. The molecule has 2 fully saturated rings. The molecule has 0 aromatic heterocycles. The van der Waals surface area contributed by atoms with Crippen molar-refractivity contribution in [3.8, 4) is 0 Å². The van der Waals surface area contributed by atoms with Gasteiger partial charge in [0, 0.05) is 6.54 Å². The molecule has 2 N–H and O–H groups in total. The summed E-state index contributed by atoms with van der Waals surface area (Å²) in [7, 11) is 0. The number of ether oxygens (including phenoxy) is 1. The van der Waals surface area contributed by atoms with Crippen LogP contribution in [0.15, 0.2) is 0 Å². The van der Waals surface area contributed by atoms with Gasteiger partial charge in [0.25, 0.3) is 0 Å². The van der Waals surface area contributed by atoms with Crippen LogP contribution in [0.2, 0.25) is 0 Å². The van der Waals surface area contributed by atoms with E-state index in [9.17, 15) is 4.79 Å². The Morgan fingerprint density at radius 1 is 1.33 bits per heavy atom. The van der Waals surface area contributed by atoms with Crippen LogP contribution in [0.5, 0.6) is 0 Å². The second-order valence-corrected chi connectivity index (χ2v) is 4.85. The maximum atomic E-state index is 11.8. The van der Waals surface area contributed by atoms with E-state index in [1.807, 2.05) is 6.92 Å². The van der Waals surface area contributed by atoms with Gasteiger partial charge in [0.15, 0.2) is 0 Å². The Kier molecular flexibility index (Phi) is 3.29. The molecule has 0 aromatic carbocycles. The monoisotopic (exact) mass is 211 g/mol. The maximum absolute atomic E-state index is 11.8. The maximum Gasteiger partial charge on any atom is 0.310 e. The standard InChI is InChI=1S/C12H21NO2/c1-2-15-12(14)10(7-13)11-8-3-4-9(11)6-5-8/h8-11H,2-7,13H2,1H3. The first-order valence-corrected chi connectivity index (χ1v) is 6.14. The van der Waals surface area contributed by atoms with Crippen molar-refractivity contribution < 1.29 is 9.53 Å². The van der Waals surface area contributed by atoms with Crippen molar-refractivity contribution in [3.05, 3.63) is 0 Å². The topological polar surface area (TPSA) is 52.3 Å². The Hall–Kier alpha value is -0.570. The summed E-state index contributed by atoms with van der Waals surface area (Å²) in [6.07, 6.45) is 5.19. The summed E-state index contributed by atoms with van der Waals surface area (Å²) in [5.74, 6) is 1.91. The second-order valence-electron chi connectivity index (χ2n) is 4.85. The highest BCUT2D eigenvalue weighted by Gasteiger charge is 2.47. The van der Waals surface area contributed by atoms with Gasteiger partial charge in [-0.2, -0.15) is 0 Å². The van der Waals surface area contributed by atoms with Gasteiger partial charge < -0.3 is 10.5 Å². The van der Waals surface area contributed by atoms with Crippen LogP contribution < -0.4 is 5.73 Å². The summed E-state index contributed by atoms with van der Waals surface area (Å²) in [6.45, 7) is 2.78. The van der Waals surface area contributed by atoms with Crippen molar-refractivity contribution >= 4 is 5.97 Å². The number of hydrogen-bond donors (Lipinski definition) is 1. The van der Waals surface area contributed by atoms with Crippen LogP contribution in [0.1, 0.15) is 32.6 Å². The van der Waals surface area contributed by atoms with Crippen LogP contribution in [0.3, 0.4) is 0 Å². The first kappa shape index (κ1) is 10.9. The molecular formula is C12H21NO2. The smallest absolute Gasteiger partial charge is 0.310 e. The second kappa shape index (κ2) is 4.52. The molecule has 0 saturated heterocycles. The lowest BCUT2D eigenvalue weighted by Crippen LogP contribution is -2.34. The van der Waals surface area contributed by atoms with Crippen molar-refractivity contribution in [1.82, 2.24) is 0 Å². The summed E-state index contributed by atoms with van der Waals surface area (Å²) >= 11 is 0. The molecule has 1 atom stereocenters. The van der Waals surface area contributed by atoms with Gasteiger partial charge in [0.1, 0.15) is 0 Å². The minimum absolute atomic E-state index is 0.0371. The summed E-state index contributed by atoms with van der Waals surface area (Å²) in [4.78, 5) is 11.8. The van der Waals surface area contributed by atoms with Crippen LogP contribution in [0, 0.1) is 23.7 Å². The zero-order valence-electron chi connectivity index (χ0n) is 9.45. The number of fused-ring (bicyclic) bond motifs is 2. The summed E-state index contributed by atoms with van der Waals surface area (Å²) in [6, 6.07) is 0. The van der Waals surface area contributed by atoms with Gasteiger partial charge in [-0.15, -0.1) is 0 Å². The van der Waals surface area contributed by atoms with E-state index in [4.69, 9.17) is 10.5 Å². The van der Waals surface area contributed by atoms with E-state index >= 15 is 0 Å². The fourth-order valence-corrected chi connectivity index (χ4v) is 3.62. The van der Waals surface area contributed by atoms with Crippen molar-refractivity contribution in [2.75, 3.05) is 13.2 Å². The molecule has 2 rings (SSSR count). The van der Waals surface area contributed by atoms with Crippen LogP contribution in [-0.2, 0) is 9.53 Å². The minimum atomic E-state index is -0.0659. The Balaban J connectivity index is 2.03. The van der Waals surface area contributed by atoms with E-state index in [-0.39, 0.29) is 11.9 Å². The molecule has 15 heavy (non-hydrogen) atoms. The average Bonchev–Trinajstić information content (AvgIpc) is 2.80. The van der Waals surface area contributed by atoms with E-state index in [2.05, 4.69) is 0 Å². The molecular weight excluding hydrogens is 190 g/mol. The zero-order valence-corrected chi connectivity index (χ0v) is 9.45. The summed E-state index contributed by atoms with van der Waals surface area (Å²) < 4.78 is 5.11. The molecule has 0 spiro atoms. The summed E-state index contributed by atoms with van der Waals surface area (Å²) in [5.41, 5.74) is 5.74. The molecule has 0 radical (unpaired) electrons. The molecule has 2 saturated carbocycles. The molecule has 0 aromatic rings. The number of esters is 1. The van der Waals surface area contributed by atoms with Gasteiger partial charge in [-0.25, -0.2) is 0 Å². The van der Waals surface area contributed by atoms with Gasteiger partial charge in [0.2, 0.25) is 0 Å². The van der Waals surface area contributed by atoms with Gasteiger partial charge >= 0.3 is 5.97 Å². The minimum Gasteiger partial charge on any atom is -0.466 e. The Labute approximate surface area is 91.4 Å². The molecule has 2 aliphatic rings. The molecule has 2 bridgehead atoms. The molecule has 1 unspecified atom stereocenters. The third-order valence-electron chi connectivity index (χ3n) is 4.21. The lowest BCUT2D eigenvalue weighted by atomic mass is 9.84. The molecule has 86 valence electrons. The summed E-state index contributed by atoms with van der Waals surface area (Å²) in [5, 5.41) is 0. The number of nitrogens with two attached hydrogens (primary N) is 1. The van der Waals surface area contributed by atoms with E-state index < -0.39 is 0 Å². The number of hydrogen-bond acceptors (Lipinski definition) is 3. The third-order valence-corrected chi connectivity index (χ3v) is 4.21. The molecule has 3 heteroatoms. The van der Waals surface area contributed by atoms with Crippen molar-refractivity contribution in [3.63, 3.8) is 0 Å². The van der Waals surface area contributed by atoms with E-state index in [1.165, 1.54) is 25.7 Å². The highest BCUT2D eigenvalue weighted by Crippen LogP contribution is 2.52. The predicted octanol–water partition coefficient (Wildman–Crippen LogP) is 1.56. The number of carbonyl (C=O) groups excluding carboxylic acids is 1. The fraction of sp³-hybridized carbons (Fsp3) is 0.917. The molecule has 0 heterocycles. The van der Waals surface area contributed by atoms with E-state index in [1.54, 1.807) is 0 Å². The molecule has 2 aliphatic carbocycles. The van der Waals surface area contributed by atoms with Crippen molar-refractivity contribution in [2.24, 2.45) is 29.4 Å². The first-order valence-electron chi connectivity index (χ1n) is 6.14. The van der Waals surface area contributed by atoms with Crippen LogP contribution in [-0.4, -0.2) is 19.1 Å². The lowest BCUT2D eigenvalue weighted by molar-refractivity contribution is -0.150. The number of carbonyl (C=O) groups is 1. The molecule has 0 aliphatic heterocycles. The lowest BCUT2D eigenvalue weighted by Gasteiger charge is -2.24. The van der Waals surface area contributed by atoms with Crippen molar-refractivity contribution in [1.29, 1.82) is 0 Å². The average molecular weight is 211 g/mol. The molecule has 3 nitrogen and oxygen atoms in total. The normalized spacial score (nSPS) is 35.5. The van der Waals surface area contributed by atoms with Gasteiger partial charge in [0.05, 0.1) is 12.5 Å². The van der Waals surface area contributed by atoms with E-state index in [0.29, 0.717) is 19.1 Å². The highest BCUT2D eigenvalue weighted by molar-refractivity contribution is 5.73. The zero-order chi connectivity index (χ0) is 10.8. The predicted molar refractivity (Wildman–Crippen MR) is 58.1 cm³/mol. The van der Waals surface area contributed by atoms with Gasteiger partial charge in [-0.1, -0.05) is 0 Å². The van der Waals surface area contributed by atoms with Crippen LogP contribution in [0.4, 0.5) is 0 Å². The first-order chi connectivity index (χ1) is 7.27. The fourth-order valence-electron chi connectivity index (χ4n) is 3.62. The van der Waals surface area contributed by atoms with Crippen LogP contribution >= 0.6 is 0 Å². The third kappa shape index (κ3) is 1.89. The Morgan fingerprint density at radius 3 is 2.27 bits per heavy atom.